The Kier molecular flexibility index (Phi) is 21.8. The minimum absolute atomic E-state index is 0.350. The van der Waals surface area contributed by atoms with Crippen LogP contribution < -0.4 is 0 Å². The van der Waals surface area contributed by atoms with Crippen LogP contribution in [-0.2, 0) is 33.2 Å². The molecule has 0 saturated heterocycles. The molecule has 2 atom stereocenters. The first-order valence-corrected chi connectivity index (χ1v) is 10.4. The van der Waals surface area contributed by atoms with Crippen molar-refractivity contribution in [2.75, 3.05) is 66.1 Å². The molecule has 2 unspecified atom stereocenters. The molecule has 0 saturated carbocycles. The fourth-order valence-corrected chi connectivity index (χ4v) is 2.03. The van der Waals surface area contributed by atoms with Gasteiger partial charge in [-0.05, 0) is 26.7 Å². The summed E-state index contributed by atoms with van der Waals surface area (Å²) in [6, 6.07) is 0. The summed E-state index contributed by atoms with van der Waals surface area (Å²) in [6.07, 6.45) is 3.79. The number of ether oxygens (including phenoxy) is 7. The molecular formula is C20H42O7. The summed E-state index contributed by atoms with van der Waals surface area (Å²) >= 11 is 0. The lowest BCUT2D eigenvalue weighted by molar-refractivity contribution is -0.236. The zero-order valence-corrected chi connectivity index (χ0v) is 17.9. The average molecular weight is 395 g/mol. The van der Waals surface area contributed by atoms with Gasteiger partial charge in [-0.1, -0.05) is 26.7 Å². The highest BCUT2D eigenvalue weighted by molar-refractivity contribution is 4.40. The van der Waals surface area contributed by atoms with Crippen LogP contribution in [0.1, 0.15) is 53.4 Å². The van der Waals surface area contributed by atoms with E-state index in [2.05, 4.69) is 13.8 Å². The Bertz CT molecular complexity index is 253. The Morgan fingerprint density at radius 3 is 1.19 bits per heavy atom. The molecule has 0 aliphatic carbocycles. The van der Waals surface area contributed by atoms with Crippen molar-refractivity contribution >= 4 is 0 Å². The number of unbranched alkanes of at least 4 members (excludes halogenated alkanes) is 2. The van der Waals surface area contributed by atoms with E-state index in [1.54, 1.807) is 0 Å². The highest BCUT2D eigenvalue weighted by Crippen LogP contribution is 2.01. The smallest absolute Gasteiger partial charge is 0.158 e. The summed E-state index contributed by atoms with van der Waals surface area (Å²) in [4.78, 5) is 0. The van der Waals surface area contributed by atoms with Crippen LogP contribution in [0.5, 0.6) is 0 Å². The predicted molar refractivity (Wildman–Crippen MR) is 105 cm³/mol. The van der Waals surface area contributed by atoms with Gasteiger partial charge in [0.1, 0.15) is 0 Å². The van der Waals surface area contributed by atoms with Crippen molar-refractivity contribution in [3.8, 4) is 0 Å². The van der Waals surface area contributed by atoms with Crippen molar-refractivity contribution in [1.29, 1.82) is 0 Å². The maximum atomic E-state index is 5.59. The average Bonchev–Trinajstić information content (AvgIpc) is 2.65. The van der Waals surface area contributed by atoms with Crippen molar-refractivity contribution in [1.82, 2.24) is 0 Å². The van der Waals surface area contributed by atoms with Crippen molar-refractivity contribution in [3.05, 3.63) is 0 Å². The van der Waals surface area contributed by atoms with Crippen LogP contribution in [0.4, 0.5) is 0 Å². The van der Waals surface area contributed by atoms with Gasteiger partial charge in [-0.3, -0.25) is 0 Å². The molecule has 0 aromatic rings. The Morgan fingerprint density at radius 1 is 0.481 bits per heavy atom. The third-order valence-corrected chi connectivity index (χ3v) is 3.57. The first-order valence-electron chi connectivity index (χ1n) is 10.4. The van der Waals surface area contributed by atoms with Gasteiger partial charge in [0.15, 0.2) is 12.6 Å². The summed E-state index contributed by atoms with van der Waals surface area (Å²) in [6.45, 7) is 14.0. The Labute approximate surface area is 165 Å². The van der Waals surface area contributed by atoms with Gasteiger partial charge in [-0.15, -0.1) is 0 Å². The van der Waals surface area contributed by atoms with Crippen LogP contribution in [0.2, 0.25) is 0 Å². The predicted octanol–water partition coefficient (Wildman–Crippen LogP) is 3.39. The molecule has 27 heavy (non-hydrogen) atoms. The molecule has 0 N–H and O–H groups in total. The summed E-state index contributed by atoms with van der Waals surface area (Å²) in [7, 11) is 0. The molecule has 7 nitrogen and oxygen atoms in total. The standard InChI is InChI=1S/C20H42O7/c1-5-7-9-21-11-13-23-15-17-25-19(3)27-20(4)26-18-16-24-14-12-22-10-8-6-2/h19-20H,5-18H2,1-4H3. The second-order valence-electron chi connectivity index (χ2n) is 6.17. The molecule has 0 radical (unpaired) electrons. The molecule has 0 fully saturated rings. The second-order valence-corrected chi connectivity index (χ2v) is 6.17. The Balaban J connectivity index is 3.30. The number of rotatable bonds is 22. The van der Waals surface area contributed by atoms with Gasteiger partial charge in [-0.2, -0.15) is 0 Å². The largest absolute Gasteiger partial charge is 0.379 e. The van der Waals surface area contributed by atoms with Gasteiger partial charge in [0, 0.05) is 13.2 Å². The van der Waals surface area contributed by atoms with Crippen LogP contribution in [0, 0.1) is 0 Å². The van der Waals surface area contributed by atoms with E-state index >= 15 is 0 Å². The maximum absolute atomic E-state index is 5.59. The zero-order valence-electron chi connectivity index (χ0n) is 17.9. The molecule has 0 aromatic carbocycles. The van der Waals surface area contributed by atoms with Crippen LogP contribution >= 0.6 is 0 Å². The highest BCUT2D eigenvalue weighted by atomic mass is 16.8. The minimum Gasteiger partial charge on any atom is -0.379 e. The molecule has 0 spiro atoms. The second kappa shape index (κ2) is 22.0. The van der Waals surface area contributed by atoms with Crippen LogP contribution in [-0.4, -0.2) is 78.6 Å². The molecule has 0 aliphatic rings. The zero-order chi connectivity index (χ0) is 20.0. The molecule has 164 valence electrons. The van der Waals surface area contributed by atoms with E-state index < -0.39 is 0 Å². The van der Waals surface area contributed by atoms with E-state index in [1.807, 2.05) is 13.8 Å². The Hall–Kier alpha value is -0.280. The van der Waals surface area contributed by atoms with E-state index in [0.717, 1.165) is 38.9 Å². The third kappa shape index (κ3) is 21.9. The van der Waals surface area contributed by atoms with Crippen molar-refractivity contribution < 1.29 is 33.2 Å². The summed E-state index contributed by atoms with van der Waals surface area (Å²) in [5, 5.41) is 0. The van der Waals surface area contributed by atoms with Crippen molar-refractivity contribution in [2.24, 2.45) is 0 Å². The summed E-state index contributed by atoms with van der Waals surface area (Å²) in [5.41, 5.74) is 0. The molecule has 0 aliphatic heterocycles. The molecule has 0 bridgehead atoms. The lowest BCUT2D eigenvalue weighted by Crippen LogP contribution is -2.25. The van der Waals surface area contributed by atoms with E-state index in [-0.39, 0.29) is 12.6 Å². The number of hydrogen-bond donors (Lipinski definition) is 0. The maximum Gasteiger partial charge on any atom is 0.158 e. The molecule has 7 heteroatoms. The van der Waals surface area contributed by atoms with Gasteiger partial charge in [0.25, 0.3) is 0 Å². The van der Waals surface area contributed by atoms with Crippen molar-refractivity contribution in [3.63, 3.8) is 0 Å². The van der Waals surface area contributed by atoms with Crippen molar-refractivity contribution in [2.45, 2.75) is 66.0 Å². The molecule has 0 aromatic heterocycles. The lowest BCUT2D eigenvalue weighted by Gasteiger charge is -2.20. The highest BCUT2D eigenvalue weighted by Gasteiger charge is 2.09. The van der Waals surface area contributed by atoms with E-state index in [9.17, 15) is 0 Å². The van der Waals surface area contributed by atoms with E-state index in [4.69, 9.17) is 33.2 Å². The summed E-state index contributed by atoms with van der Waals surface area (Å²) in [5.74, 6) is 0. The minimum atomic E-state index is -0.350. The van der Waals surface area contributed by atoms with Crippen LogP contribution in [0.15, 0.2) is 0 Å². The normalized spacial score (nSPS) is 13.8. The quantitative estimate of drug-likeness (QED) is 0.206. The van der Waals surface area contributed by atoms with Gasteiger partial charge in [0.05, 0.1) is 52.9 Å². The number of hydrogen-bond acceptors (Lipinski definition) is 7. The first-order chi connectivity index (χ1) is 13.2. The van der Waals surface area contributed by atoms with E-state index in [1.165, 1.54) is 0 Å². The molecule has 0 amide bonds. The van der Waals surface area contributed by atoms with Crippen LogP contribution in [0.25, 0.3) is 0 Å². The molecular weight excluding hydrogens is 352 g/mol. The van der Waals surface area contributed by atoms with Crippen LogP contribution in [0.3, 0.4) is 0 Å². The Morgan fingerprint density at radius 2 is 0.815 bits per heavy atom. The SMILES string of the molecule is CCCCOCCOCCOC(C)OC(C)OCCOCCOCCCC. The first kappa shape index (κ1) is 26.7. The van der Waals surface area contributed by atoms with Gasteiger partial charge in [-0.25, -0.2) is 0 Å². The molecule has 0 rings (SSSR count). The van der Waals surface area contributed by atoms with Gasteiger partial charge < -0.3 is 33.2 Å². The topological polar surface area (TPSA) is 64.6 Å². The fourth-order valence-electron chi connectivity index (χ4n) is 2.03. The van der Waals surface area contributed by atoms with Gasteiger partial charge >= 0.3 is 0 Å². The fraction of sp³-hybridized carbons (Fsp3) is 1.00. The molecule has 0 heterocycles. The monoisotopic (exact) mass is 394 g/mol. The van der Waals surface area contributed by atoms with Gasteiger partial charge in [0.2, 0.25) is 0 Å². The lowest BCUT2D eigenvalue weighted by atomic mass is 10.4. The van der Waals surface area contributed by atoms with E-state index in [0.29, 0.717) is 52.9 Å². The summed E-state index contributed by atoms with van der Waals surface area (Å²) < 4.78 is 38.4. The third-order valence-electron chi connectivity index (χ3n) is 3.57.